The van der Waals surface area contributed by atoms with Crippen LogP contribution in [0.5, 0.6) is 5.75 Å². The van der Waals surface area contributed by atoms with Gasteiger partial charge in [-0.25, -0.2) is 19.8 Å². The lowest BCUT2D eigenvalue weighted by atomic mass is 9.98. The molecule has 238 valence electrons. The van der Waals surface area contributed by atoms with E-state index in [2.05, 4.69) is 23.7 Å². The van der Waals surface area contributed by atoms with Gasteiger partial charge in [-0.15, -0.1) is 6.58 Å². The third-order valence-corrected chi connectivity index (χ3v) is 7.76. The molecule has 2 aliphatic rings. The van der Waals surface area contributed by atoms with Crippen LogP contribution >= 0.6 is 0 Å². The summed E-state index contributed by atoms with van der Waals surface area (Å²) in [4.78, 5) is 49.8. The molecule has 3 heterocycles. The topological polar surface area (TPSA) is 109 Å². The largest absolute Gasteiger partial charge is 0.508 e. The summed E-state index contributed by atoms with van der Waals surface area (Å²) in [7, 11) is 0. The van der Waals surface area contributed by atoms with E-state index in [1.807, 2.05) is 69.3 Å². The first kappa shape index (κ1) is 32.3. The third-order valence-electron chi connectivity index (χ3n) is 7.76. The lowest BCUT2D eigenvalue weighted by molar-refractivity contribution is -0.189. The molecule has 0 aliphatic carbocycles. The molecule has 46 heavy (non-hydrogen) atoms. The number of fused-ring (bicyclic) bond motifs is 1. The van der Waals surface area contributed by atoms with Crippen molar-refractivity contribution in [3.05, 3.63) is 108 Å². The summed E-state index contributed by atoms with van der Waals surface area (Å²) < 4.78 is 0. The Kier molecular flexibility index (Phi) is 9.73. The summed E-state index contributed by atoms with van der Waals surface area (Å²) in [5.41, 5.74) is 2.76. The summed E-state index contributed by atoms with van der Waals surface area (Å²) >= 11 is 0. The van der Waals surface area contributed by atoms with Gasteiger partial charge >= 0.3 is 6.03 Å². The summed E-state index contributed by atoms with van der Waals surface area (Å²) in [5.74, 6) is 5.93. The number of amides is 4. The van der Waals surface area contributed by atoms with E-state index in [1.54, 1.807) is 50.2 Å². The molecular weight excluding hydrogens is 580 g/mol. The predicted octanol–water partition coefficient (Wildman–Crippen LogP) is 3.92. The molecular formula is C36H40N6O4. The van der Waals surface area contributed by atoms with Crippen LogP contribution in [0.4, 0.5) is 4.79 Å². The molecule has 0 spiro atoms. The van der Waals surface area contributed by atoms with Crippen LogP contribution in [-0.2, 0) is 29.1 Å². The maximum absolute atomic E-state index is 14.2. The van der Waals surface area contributed by atoms with Gasteiger partial charge < -0.3 is 20.2 Å². The van der Waals surface area contributed by atoms with Gasteiger partial charge in [-0.05, 0) is 62.1 Å². The van der Waals surface area contributed by atoms with Crippen LogP contribution in [0.25, 0.3) is 0 Å². The smallest absolute Gasteiger partial charge is 0.334 e. The Hall–Kier alpha value is -5.14. The van der Waals surface area contributed by atoms with E-state index >= 15 is 0 Å². The highest BCUT2D eigenvalue weighted by Crippen LogP contribution is 2.29. The van der Waals surface area contributed by atoms with Gasteiger partial charge in [0.05, 0.1) is 25.3 Å². The molecule has 0 saturated carbocycles. The summed E-state index contributed by atoms with van der Waals surface area (Å²) in [6.07, 6.45) is 1.08. The quantitative estimate of drug-likeness (QED) is 0.292. The van der Waals surface area contributed by atoms with E-state index in [9.17, 15) is 19.5 Å². The average molecular weight is 621 g/mol. The second-order valence-corrected chi connectivity index (χ2v) is 12.5. The number of piperazine rings is 1. The number of hydrogen-bond donors (Lipinski definition) is 2. The molecule has 3 aromatic rings. The number of phenolic OH excluding ortho intramolecular Hbond substituents is 1. The molecule has 2 aromatic carbocycles. The Morgan fingerprint density at radius 1 is 1.04 bits per heavy atom. The number of hydrazine groups is 1. The van der Waals surface area contributed by atoms with E-state index in [0.29, 0.717) is 17.9 Å². The zero-order valence-electron chi connectivity index (χ0n) is 26.5. The SMILES string of the molecule is C=CCN1CC(=O)N2C(Cc3ccc(O)cc3)C(=O)N(Cc3cccc(C#CC(C)(C)C)n3)CC2N1C(=O)NCc1ccccc1. The van der Waals surface area contributed by atoms with Crippen molar-refractivity contribution in [3.8, 4) is 17.6 Å². The highest BCUT2D eigenvalue weighted by atomic mass is 16.3. The van der Waals surface area contributed by atoms with Gasteiger partial charge in [-0.2, -0.15) is 0 Å². The molecule has 5 rings (SSSR count). The van der Waals surface area contributed by atoms with E-state index in [-0.39, 0.29) is 61.6 Å². The molecule has 2 atom stereocenters. The molecule has 10 nitrogen and oxygen atoms in total. The molecule has 2 unspecified atom stereocenters. The normalized spacial score (nSPS) is 18.5. The molecule has 2 aliphatic heterocycles. The van der Waals surface area contributed by atoms with Gasteiger partial charge in [0, 0.05) is 24.9 Å². The van der Waals surface area contributed by atoms with Crippen molar-refractivity contribution in [2.45, 2.75) is 52.5 Å². The highest BCUT2D eigenvalue weighted by Gasteiger charge is 2.51. The van der Waals surface area contributed by atoms with Crippen molar-refractivity contribution in [1.82, 2.24) is 30.1 Å². The van der Waals surface area contributed by atoms with Crippen molar-refractivity contribution in [1.29, 1.82) is 0 Å². The van der Waals surface area contributed by atoms with Gasteiger partial charge in [-0.1, -0.05) is 60.5 Å². The minimum Gasteiger partial charge on any atom is -0.508 e. The van der Waals surface area contributed by atoms with E-state index in [0.717, 1.165) is 11.1 Å². The molecule has 2 saturated heterocycles. The molecule has 4 amide bonds. The Morgan fingerprint density at radius 2 is 1.78 bits per heavy atom. The zero-order chi connectivity index (χ0) is 32.8. The number of phenols is 1. The second-order valence-electron chi connectivity index (χ2n) is 12.5. The van der Waals surface area contributed by atoms with Crippen molar-refractivity contribution >= 4 is 17.8 Å². The minimum atomic E-state index is -0.880. The number of urea groups is 1. The number of hydrogen-bond acceptors (Lipinski definition) is 6. The van der Waals surface area contributed by atoms with Crippen LogP contribution in [0.2, 0.25) is 0 Å². The fraction of sp³-hybridized carbons (Fsp3) is 0.333. The first-order valence-corrected chi connectivity index (χ1v) is 15.4. The van der Waals surface area contributed by atoms with Crippen LogP contribution in [0.15, 0.2) is 85.5 Å². The average Bonchev–Trinajstić information content (AvgIpc) is 3.02. The van der Waals surface area contributed by atoms with E-state index < -0.39 is 12.2 Å². The first-order chi connectivity index (χ1) is 22.0. The monoisotopic (exact) mass is 620 g/mol. The number of pyridine rings is 1. The van der Waals surface area contributed by atoms with E-state index in [1.165, 1.54) is 0 Å². The van der Waals surface area contributed by atoms with Crippen LogP contribution in [0.1, 0.15) is 43.3 Å². The zero-order valence-corrected chi connectivity index (χ0v) is 26.5. The highest BCUT2D eigenvalue weighted by molar-refractivity contribution is 5.91. The number of carbonyl (C=O) groups excluding carboxylic acids is 3. The maximum atomic E-state index is 14.2. The Balaban J connectivity index is 1.49. The number of aromatic hydroxyl groups is 1. The van der Waals surface area contributed by atoms with E-state index in [4.69, 9.17) is 4.98 Å². The lowest BCUT2D eigenvalue weighted by Gasteiger charge is -2.55. The van der Waals surface area contributed by atoms with Gasteiger partial charge in [0.15, 0.2) is 0 Å². The van der Waals surface area contributed by atoms with Crippen molar-refractivity contribution in [2.24, 2.45) is 5.41 Å². The Morgan fingerprint density at radius 3 is 2.48 bits per heavy atom. The number of aromatic nitrogens is 1. The fourth-order valence-electron chi connectivity index (χ4n) is 5.64. The van der Waals surface area contributed by atoms with Gasteiger partial charge in [-0.3, -0.25) is 9.59 Å². The maximum Gasteiger partial charge on any atom is 0.334 e. The number of rotatable bonds is 8. The van der Waals surface area contributed by atoms with Crippen LogP contribution in [-0.4, -0.2) is 79.6 Å². The van der Waals surface area contributed by atoms with Gasteiger partial charge in [0.25, 0.3) is 0 Å². The summed E-state index contributed by atoms with van der Waals surface area (Å²) in [5, 5.41) is 16.1. The number of nitrogens with zero attached hydrogens (tertiary/aromatic N) is 5. The van der Waals surface area contributed by atoms with Gasteiger partial charge in [0.2, 0.25) is 11.8 Å². The lowest BCUT2D eigenvalue weighted by Crippen LogP contribution is -2.76. The second kappa shape index (κ2) is 13.9. The first-order valence-electron chi connectivity index (χ1n) is 15.4. The Labute approximate surface area is 270 Å². The van der Waals surface area contributed by atoms with Crippen LogP contribution in [0, 0.1) is 17.3 Å². The van der Waals surface area contributed by atoms with Crippen LogP contribution in [0.3, 0.4) is 0 Å². The minimum absolute atomic E-state index is 0.0859. The molecule has 10 heteroatoms. The number of benzene rings is 2. The Bertz CT molecular complexity index is 1640. The summed E-state index contributed by atoms with van der Waals surface area (Å²) in [6.45, 7) is 10.7. The van der Waals surface area contributed by atoms with Crippen molar-refractivity contribution in [2.75, 3.05) is 19.6 Å². The molecule has 1 aromatic heterocycles. The third kappa shape index (κ3) is 7.73. The molecule has 2 fully saturated rings. The summed E-state index contributed by atoms with van der Waals surface area (Å²) in [6, 6.07) is 20.4. The van der Waals surface area contributed by atoms with Crippen molar-refractivity contribution < 1.29 is 19.5 Å². The number of nitrogens with one attached hydrogen (secondary N) is 1. The number of carbonyl (C=O) groups is 3. The molecule has 0 radical (unpaired) electrons. The molecule has 2 N–H and O–H groups in total. The molecule has 0 bridgehead atoms. The predicted molar refractivity (Wildman–Crippen MR) is 175 cm³/mol. The standard InChI is InChI=1S/C36H40N6O4/c1-5-20-40-25-33(44)41-31(21-26-14-16-30(43)17-15-26)34(45)39(23-29-13-9-12-28(38-29)18-19-36(2,3)4)24-32(41)42(40)35(46)37-22-27-10-7-6-8-11-27/h5-17,31-32,43H,1,20-25H2,2-4H3,(H,37,46). The van der Waals surface area contributed by atoms with Crippen LogP contribution < -0.4 is 5.32 Å². The van der Waals surface area contributed by atoms with Gasteiger partial charge in [0.1, 0.15) is 23.7 Å². The van der Waals surface area contributed by atoms with Crippen molar-refractivity contribution in [3.63, 3.8) is 0 Å². The fourth-order valence-corrected chi connectivity index (χ4v) is 5.64.